The monoisotopic (exact) mass is 936 g/mol. The molecule has 5 saturated heterocycles. The van der Waals surface area contributed by atoms with E-state index in [0.29, 0.717) is 0 Å². The fraction of sp³-hybridized carbons (Fsp3) is 0.946. The highest BCUT2D eigenvalue weighted by molar-refractivity contribution is 5.73. The SMILES string of the molecule is CC(=O)NC1[C@H](O[C@@H]2C(CO)O[C@@H](C)C(NC(C)=O)[C@H]2O)OC(CO)[C@@H](O[C@@H]2OC(CO[C@H]3OC(CO)[C@@H](O)[C@H](O)C3CCO)[C@@H](O)[C@H](O[C@H]3OC(CO)[C@@H](O)C(O)C3O)C2O)[C@@H]1O. The van der Waals surface area contributed by atoms with Crippen LogP contribution < -0.4 is 10.6 Å². The first kappa shape index (κ1) is 53.0. The second kappa shape index (κ2) is 23.4. The lowest BCUT2D eigenvalue weighted by molar-refractivity contribution is -0.382. The summed E-state index contributed by atoms with van der Waals surface area (Å²) in [7, 11) is 0. The topological polar surface area (TPSA) is 424 Å². The van der Waals surface area contributed by atoms with Gasteiger partial charge in [-0.1, -0.05) is 0 Å². The van der Waals surface area contributed by atoms with Crippen molar-refractivity contribution in [1.82, 2.24) is 10.6 Å². The van der Waals surface area contributed by atoms with Gasteiger partial charge in [0.25, 0.3) is 0 Å². The fourth-order valence-electron chi connectivity index (χ4n) is 8.54. The van der Waals surface area contributed by atoms with Crippen molar-refractivity contribution >= 4 is 11.8 Å². The van der Waals surface area contributed by atoms with Crippen LogP contribution in [0.5, 0.6) is 0 Å². The summed E-state index contributed by atoms with van der Waals surface area (Å²) in [4.78, 5) is 24.4. The van der Waals surface area contributed by atoms with Gasteiger partial charge in [0.2, 0.25) is 11.8 Å². The van der Waals surface area contributed by atoms with Crippen molar-refractivity contribution in [2.75, 3.05) is 39.6 Å². The molecule has 27 nitrogen and oxygen atoms in total. The molecular weight excluding hydrogens is 872 g/mol. The van der Waals surface area contributed by atoms with E-state index in [4.69, 9.17) is 42.6 Å². The van der Waals surface area contributed by atoms with Gasteiger partial charge in [-0.2, -0.15) is 0 Å². The van der Waals surface area contributed by atoms with Gasteiger partial charge in [-0.05, 0) is 13.3 Å². The Morgan fingerprint density at radius 2 is 0.922 bits per heavy atom. The molecular formula is C37H64N2O25. The molecule has 0 aromatic rings. The van der Waals surface area contributed by atoms with E-state index in [0.717, 1.165) is 6.92 Å². The van der Waals surface area contributed by atoms with Gasteiger partial charge in [0.1, 0.15) is 104 Å². The van der Waals surface area contributed by atoms with E-state index >= 15 is 0 Å². The van der Waals surface area contributed by atoms with Gasteiger partial charge < -0.3 is 125 Å². The lowest BCUT2D eigenvalue weighted by Crippen LogP contribution is -2.70. The molecule has 0 aliphatic carbocycles. The molecule has 0 radical (unpaired) electrons. The predicted molar refractivity (Wildman–Crippen MR) is 202 cm³/mol. The van der Waals surface area contributed by atoms with Crippen LogP contribution in [0.1, 0.15) is 27.2 Å². The Hall–Kier alpha value is -1.98. The molecule has 0 saturated carbocycles. The smallest absolute Gasteiger partial charge is 0.217 e. The van der Waals surface area contributed by atoms with Gasteiger partial charge in [0.15, 0.2) is 25.2 Å². The molecule has 0 bridgehead atoms. The molecule has 64 heavy (non-hydrogen) atoms. The van der Waals surface area contributed by atoms with E-state index in [1.807, 2.05) is 0 Å². The Labute approximate surface area is 365 Å². The van der Waals surface area contributed by atoms with Crippen LogP contribution in [-0.2, 0) is 52.2 Å². The average molecular weight is 937 g/mol. The Kier molecular flexibility index (Phi) is 19.3. The lowest BCUT2D eigenvalue weighted by Gasteiger charge is -2.50. The van der Waals surface area contributed by atoms with Gasteiger partial charge in [-0.25, -0.2) is 0 Å². The van der Waals surface area contributed by atoms with Crippen molar-refractivity contribution in [3.8, 4) is 0 Å². The highest BCUT2D eigenvalue weighted by atomic mass is 16.8. The quantitative estimate of drug-likeness (QED) is 0.0644. The maximum absolute atomic E-state index is 12.5. The highest BCUT2D eigenvalue weighted by Gasteiger charge is 2.56. The summed E-state index contributed by atoms with van der Waals surface area (Å²) in [5.74, 6) is -2.38. The molecule has 5 aliphatic heterocycles. The van der Waals surface area contributed by atoms with Gasteiger partial charge in [0.05, 0.1) is 51.3 Å². The average Bonchev–Trinajstić information content (AvgIpc) is 3.26. The first-order chi connectivity index (χ1) is 30.3. The summed E-state index contributed by atoms with van der Waals surface area (Å²) in [5.41, 5.74) is 0. The minimum atomic E-state index is -2.14. The molecule has 0 aromatic heterocycles. The van der Waals surface area contributed by atoms with Crippen LogP contribution in [-0.4, -0.2) is 270 Å². The predicted octanol–water partition coefficient (Wildman–Crippen LogP) is -9.93. The number of aliphatic hydroxyl groups is 14. The van der Waals surface area contributed by atoms with E-state index in [1.54, 1.807) is 0 Å². The van der Waals surface area contributed by atoms with Gasteiger partial charge in [-0.15, -0.1) is 0 Å². The number of hydrogen-bond donors (Lipinski definition) is 16. The lowest BCUT2D eigenvalue weighted by atomic mass is 9.88. The molecule has 5 rings (SSSR count). The Balaban J connectivity index is 1.43. The van der Waals surface area contributed by atoms with E-state index in [1.165, 1.54) is 13.8 Å². The number of hydrogen-bond acceptors (Lipinski definition) is 25. The van der Waals surface area contributed by atoms with E-state index in [2.05, 4.69) is 10.6 Å². The number of aliphatic hydroxyl groups excluding tert-OH is 14. The third kappa shape index (κ3) is 11.6. The number of rotatable bonds is 17. The molecule has 16 N–H and O–H groups in total. The van der Waals surface area contributed by atoms with Crippen LogP contribution in [0.2, 0.25) is 0 Å². The second-order valence-electron chi connectivity index (χ2n) is 16.5. The molecule has 5 aliphatic rings. The first-order valence-corrected chi connectivity index (χ1v) is 20.9. The zero-order chi connectivity index (χ0) is 47.3. The number of nitrogens with one attached hydrogen (secondary N) is 2. The molecule has 25 atom stereocenters. The molecule has 5 fully saturated rings. The van der Waals surface area contributed by atoms with E-state index in [9.17, 15) is 81.1 Å². The van der Waals surface area contributed by atoms with Gasteiger partial charge in [0, 0.05) is 26.4 Å². The minimum Gasteiger partial charge on any atom is -0.396 e. The second-order valence-corrected chi connectivity index (χ2v) is 16.5. The zero-order valence-electron chi connectivity index (χ0n) is 35.1. The van der Waals surface area contributed by atoms with Gasteiger partial charge >= 0.3 is 0 Å². The van der Waals surface area contributed by atoms with Gasteiger partial charge in [-0.3, -0.25) is 9.59 Å². The van der Waals surface area contributed by atoms with E-state index in [-0.39, 0.29) is 6.42 Å². The maximum atomic E-state index is 12.5. The van der Waals surface area contributed by atoms with Crippen LogP contribution in [0.3, 0.4) is 0 Å². The third-order valence-corrected chi connectivity index (χ3v) is 12.0. The van der Waals surface area contributed by atoms with E-state index < -0.39 is 204 Å². The van der Waals surface area contributed by atoms with Crippen molar-refractivity contribution < 1.29 is 124 Å². The third-order valence-electron chi connectivity index (χ3n) is 12.0. The number of ether oxygens (including phenoxy) is 9. The number of carbonyl (C=O) groups excluding carboxylic acids is 2. The van der Waals surface area contributed by atoms with Crippen molar-refractivity contribution in [2.24, 2.45) is 5.92 Å². The largest absolute Gasteiger partial charge is 0.396 e. The summed E-state index contributed by atoms with van der Waals surface area (Å²) >= 11 is 0. The van der Waals surface area contributed by atoms with Crippen LogP contribution in [0.4, 0.5) is 0 Å². The van der Waals surface area contributed by atoms with Crippen LogP contribution in [0.25, 0.3) is 0 Å². The molecule has 11 unspecified atom stereocenters. The number of amides is 2. The Morgan fingerprint density at radius 3 is 1.48 bits per heavy atom. The summed E-state index contributed by atoms with van der Waals surface area (Å²) in [6.07, 6.45) is -37.4. The number of carbonyl (C=O) groups is 2. The molecule has 2 amide bonds. The van der Waals surface area contributed by atoms with Crippen LogP contribution in [0, 0.1) is 5.92 Å². The summed E-state index contributed by atoms with van der Waals surface area (Å²) < 4.78 is 52.4. The van der Waals surface area contributed by atoms with Crippen molar-refractivity contribution in [2.45, 2.75) is 174 Å². The van der Waals surface area contributed by atoms with Crippen molar-refractivity contribution in [1.29, 1.82) is 0 Å². The summed E-state index contributed by atoms with van der Waals surface area (Å²) in [6.45, 7) is -0.723. The molecule has 0 spiro atoms. The molecule has 5 heterocycles. The van der Waals surface area contributed by atoms with Crippen molar-refractivity contribution in [3.05, 3.63) is 0 Å². The summed E-state index contributed by atoms with van der Waals surface area (Å²) in [5, 5.41) is 154. The zero-order valence-corrected chi connectivity index (χ0v) is 35.1. The Bertz CT molecular complexity index is 1470. The standard InChI is InChI=1S/C37H64N2O25/c1-11-20(38-12(2)45)26(51)31(17(8-43)57-11)62-35-21(39-13(3)46)27(52)32(18(9-44)60-35)63-37-30(55)33(64-36-29(54)28(53)24(49)16(7-42)59-36)25(50)19(61-37)10-56-34-14(4-5-40)22(47)23(48)15(6-41)58-34/h11,14-37,40-44,47-55H,4-10H2,1-3H3,(H,38,45)(H,39,46)/t11-,14?,15?,16?,17?,18?,19?,20?,21?,22+,23+,24+,25+,26+,27+,28?,29?,30?,31+,32+,33-,34-,35-,36+,37-/m0/s1. The van der Waals surface area contributed by atoms with Crippen LogP contribution >= 0.6 is 0 Å². The van der Waals surface area contributed by atoms with Crippen LogP contribution in [0.15, 0.2) is 0 Å². The maximum Gasteiger partial charge on any atom is 0.217 e. The first-order valence-electron chi connectivity index (χ1n) is 20.9. The molecule has 27 heteroatoms. The normalized spacial score (nSPS) is 47.8. The Morgan fingerprint density at radius 1 is 0.469 bits per heavy atom. The molecule has 372 valence electrons. The fourth-order valence-corrected chi connectivity index (χ4v) is 8.54. The minimum absolute atomic E-state index is 0.174. The summed E-state index contributed by atoms with van der Waals surface area (Å²) in [6, 6.07) is -2.67. The molecule has 0 aromatic carbocycles. The van der Waals surface area contributed by atoms with Crippen molar-refractivity contribution in [3.63, 3.8) is 0 Å². The highest BCUT2D eigenvalue weighted by Crippen LogP contribution is 2.36.